The Morgan fingerprint density at radius 3 is 2.90 bits per heavy atom. The summed E-state index contributed by atoms with van der Waals surface area (Å²) in [7, 11) is 0. The van der Waals surface area contributed by atoms with Crippen molar-refractivity contribution < 1.29 is 10.0 Å². The second-order valence-electron chi connectivity index (χ2n) is 4.50. The highest BCUT2D eigenvalue weighted by atomic mass is 16.4. The molecule has 6 heteroatoms. The zero-order valence-electron chi connectivity index (χ0n) is 11.6. The fraction of sp³-hybridized carbons (Fsp3) is 0.133. The fourth-order valence-electron chi connectivity index (χ4n) is 1.90. The van der Waals surface area contributed by atoms with Crippen LogP contribution in [-0.4, -0.2) is 21.9 Å². The SMILES string of the molecule is Cc1ncccc1C(=O)NCc1cccc(/C(N)=N/O)c1. The van der Waals surface area contributed by atoms with E-state index in [1.54, 1.807) is 43.5 Å². The van der Waals surface area contributed by atoms with Crippen LogP contribution in [0.2, 0.25) is 0 Å². The number of hydrogen-bond acceptors (Lipinski definition) is 4. The van der Waals surface area contributed by atoms with Gasteiger partial charge in [0, 0.05) is 24.0 Å². The Balaban J connectivity index is 2.07. The summed E-state index contributed by atoms with van der Waals surface area (Å²) in [5, 5.41) is 14.4. The van der Waals surface area contributed by atoms with Gasteiger partial charge in [0.2, 0.25) is 0 Å². The quantitative estimate of drug-likeness (QED) is 0.342. The number of pyridine rings is 1. The molecule has 2 aromatic rings. The summed E-state index contributed by atoms with van der Waals surface area (Å²) in [6.07, 6.45) is 1.65. The van der Waals surface area contributed by atoms with Gasteiger partial charge in [-0.2, -0.15) is 0 Å². The Morgan fingerprint density at radius 2 is 2.19 bits per heavy atom. The van der Waals surface area contributed by atoms with Crippen LogP contribution < -0.4 is 11.1 Å². The number of nitrogens with one attached hydrogen (secondary N) is 1. The van der Waals surface area contributed by atoms with Gasteiger partial charge in [-0.15, -0.1) is 0 Å². The molecule has 1 amide bonds. The van der Waals surface area contributed by atoms with E-state index in [4.69, 9.17) is 10.9 Å². The molecule has 0 saturated heterocycles. The maximum absolute atomic E-state index is 12.1. The molecule has 0 fully saturated rings. The van der Waals surface area contributed by atoms with Crippen molar-refractivity contribution in [3.63, 3.8) is 0 Å². The number of aromatic nitrogens is 1. The Labute approximate surface area is 122 Å². The molecule has 0 saturated carbocycles. The minimum Gasteiger partial charge on any atom is -0.409 e. The van der Waals surface area contributed by atoms with E-state index >= 15 is 0 Å². The highest BCUT2D eigenvalue weighted by Crippen LogP contribution is 2.07. The van der Waals surface area contributed by atoms with E-state index in [2.05, 4.69) is 15.5 Å². The number of carbonyl (C=O) groups excluding carboxylic acids is 1. The summed E-state index contributed by atoms with van der Waals surface area (Å²) in [5.74, 6) is -0.152. The normalized spacial score (nSPS) is 11.2. The number of amidine groups is 1. The minimum absolute atomic E-state index is 0.0336. The number of nitrogens with two attached hydrogens (primary N) is 1. The van der Waals surface area contributed by atoms with Crippen molar-refractivity contribution in [2.24, 2.45) is 10.9 Å². The maximum atomic E-state index is 12.1. The summed E-state index contributed by atoms with van der Waals surface area (Å²) >= 11 is 0. The molecule has 0 radical (unpaired) electrons. The number of oxime groups is 1. The maximum Gasteiger partial charge on any atom is 0.253 e. The third kappa shape index (κ3) is 3.56. The molecule has 0 aliphatic heterocycles. The lowest BCUT2D eigenvalue weighted by Crippen LogP contribution is -2.24. The monoisotopic (exact) mass is 284 g/mol. The number of hydrogen-bond donors (Lipinski definition) is 3. The Kier molecular flexibility index (Phi) is 4.50. The second kappa shape index (κ2) is 6.51. The molecular formula is C15H16N4O2. The number of aryl methyl sites for hydroxylation is 1. The van der Waals surface area contributed by atoms with Crippen molar-refractivity contribution in [2.75, 3.05) is 0 Å². The number of nitrogens with zero attached hydrogens (tertiary/aromatic N) is 2. The van der Waals surface area contributed by atoms with Gasteiger partial charge in [-0.05, 0) is 30.7 Å². The summed E-state index contributed by atoms with van der Waals surface area (Å²) < 4.78 is 0. The van der Waals surface area contributed by atoms with E-state index in [0.29, 0.717) is 23.4 Å². The van der Waals surface area contributed by atoms with Crippen LogP contribution in [0, 0.1) is 6.92 Å². The van der Waals surface area contributed by atoms with Gasteiger partial charge in [0.1, 0.15) is 0 Å². The average Bonchev–Trinajstić information content (AvgIpc) is 2.52. The van der Waals surface area contributed by atoms with Crippen LogP contribution in [0.25, 0.3) is 0 Å². The van der Waals surface area contributed by atoms with Crippen LogP contribution in [0.1, 0.15) is 27.2 Å². The van der Waals surface area contributed by atoms with Gasteiger partial charge in [-0.25, -0.2) is 0 Å². The number of benzene rings is 1. The van der Waals surface area contributed by atoms with Gasteiger partial charge < -0.3 is 16.3 Å². The smallest absolute Gasteiger partial charge is 0.253 e. The minimum atomic E-state index is -0.185. The molecule has 1 heterocycles. The van der Waals surface area contributed by atoms with Crippen LogP contribution >= 0.6 is 0 Å². The number of rotatable bonds is 4. The summed E-state index contributed by atoms with van der Waals surface area (Å²) in [4.78, 5) is 16.2. The standard InChI is InChI=1S/C15H16N4O2/c1-10-13(6-3-7-17-10)15(20)18-9-11-4-2-5-12(8-11)14(16)19-21/h2-8,21H,9H2,1H3,(H2,16,19)(H,18,20). The molecule has 2 rings (SSSR count). The van der Waals surface area contributed by atoms with Crippen LogP contribution in [0.15, 0.2) is 47.8 Å². The van der Waals surface area contributed by atoms with Crippen molar-refractivity contribution in [3.8, 4) is 0 Å². The van der Waals surface area contributed by atoms with Crippen molar-refractivity contribution >= 4 is 11.7 Å². The first-order valence-corrected chi connectivity index (χ1v) is 6.38. The van der Waals surface area contributed by atoms with E-state index in [9.17, 15) is 4.79 Å². The second-order valence-corrected chi connectivity index (χ2v) is 4.50. The van der Waals surface area contributed by atoms with Gasteiger partial charge in [-0.3, -0.25) is 9.78 Å². The summed E-state index contributed by atoms with van der Waals surface area (Å²) in [6, 6.07) is 10.6. The van der Waals surface area contributed by atoms with Gasteiger partial charge in [-0.1, -0.05) is 23.4 Å². The van der Waals surface area contributed by atoms with Crippen molar-refractivity contribution in [1.82, 2.24) is 10.3 Å². The van der Waals surface area contributed by atoms with Crippen LogP contribution in [0.4, 0.5) is 0 Å². The molecule has 0 atom stereocenters. The van der Waals surface area contributed by atoms with Gasteiger partial charge in [0.15, 0.2) is 5.84 Å². The average molecular weight is 284 g/mol. The molecular weight excluding hydrogens is 268 g/mol. The van der Waals surface area contributed by atoms with Gasteiger partial charge in [0.25, 0.3) is 5.91 Å². The molecule has 1 aromatic carbocycles. The molecule has 0 aliphatic rings. The third-order valence-electron chi connectivity index (χ3n) is 3.04. The van der Waals surface area contributed by atoms with Crippen molar-refractivity contribution in [2.45, 2.75) is 13.5 Å². The molecule has 0 aliphatic carbocycles. The Hall–Kier alpha value is -2.89. The predicted octanol–water partition coefficient (Wildman–Crippen LogP) is 1.41. The molecule has 0 unspecified atom stereocenters. The van der Waals surface area contributed by atoms with Crippen molar-refractivity contribution in [3.05, 3.63) is 65.0 Å². The highest BCUT2D eigenvalue weighted by Gasteiger charge is 2.09. The largest absolute Gasteiger partial charge is 0.409 e. The Bertz CT molecular complexity index is 683. The Morgan fingerprint density at radius 1 is 1.38 bits per heavy atom. The van der Waals surface area contributed by atoms with Gasteiger partial charge in [0.05, 0.1) is 5.56 Å². The van der Waals surface area contributed by atoms with E-state index < -0.39 is 0 Å². The first-order valence-electron chi connectivity index (χ1n) is 6.38. The number of carbonyl (C=O) groups is 1. The van der Waals surface area contributed by atoms with E-state index in [-0.39, 0.29) is 11.7 Å². The highest BCUT2D eigenvalue weighted by molar-refractivity contribution is 5.97. The molecule has 21 heavy (non-hydrogen) atoms. The zero-order valence-corrected chi connectivity index (χ0v) is 11.6. The zero-order chi connectivity index (χ0) is 15.2. The van der Waals surface area contributed by atoms with Crippen LogP contribution in [0.5, 0.6) is 0 Å². The van der Waals surface area contributed by atoms with Crippen LogP contribution in [0.3, 0.4) is 0 Å². The van der Waals surface area contributed by atoms with E-state index in [0.717, 1.165) is 5.56 Å². The summed E-state index contributed by atoms with van der Waals surface area (Å²) in [6.45, 7) is 2.13. The first-order chi connectivity index (χ1) is 10.1. The first kappa shape index (κ1) is 14.5. The molecule has 0 bridgehead atoms. The predicted molar refractivity (Wildman–Crippen MR) is 79.1 cm³/mol. The molecule has 108 valence electrons. The lowest BCUT2D eigenvalue weighted by Gasteiger charge is -2.08. The molecule has 0 spiro atoms. The fourth-order valence-corrected chi connectivity index (χ4v) is 1.90. The topological polar surface area (TPSA) is 101 Å². The lowest BCUT2D eigenvalue weighted by molar-refractivity contribution is 0.0950. The summed E-state index contributed by atoms with van der Waals surface area (Å²) in [5.41, 5.74) is 8.22. The molecule has 1 aromatic heterocycles. The number of amides is 1. The molecule has 4 N–H and O–H groups in total. The van der Waals surface area contributed by atoms with E-state index in [1.165, 1.54) is 0 Å². The lowest BCUT2D eigenvalue weighted by atomic mass is 10.1. The van der Waals surface area contributed by atoms with Crippen LogP contribution in [-0.2, 0) is 6.54 Å². The molecule has 6 nitrogen and oxygen atoms in total. The van der Waals surface area contributed by atoms with Gasteiger partial charge >= 0.3 is 0 Å². The van der Waals surface area contributed by atoms with Crippen molar-refractivity contribution in [1.29, 1.82) is 0 Å². The van der Waals surface area contributed by atoms with E-state index in [1.807, 2.05) is 6.07 Å². The third-order valence-corrected chi connectivity index (χ3v) is 3.04.